The lowest BCUT2D eigenvalue weighted by Gasteiger charge is -2.08. The molecule has 0 fully saturated rings. The molecule has 3 aromatic rings. The van der Waals surface area contributed by atoms with Crippen LogP contribution in [0.5, 0.6) is 0 Å². The molecular weight excluding hydrogens is 365 g/mol. The number of rotatable bonds is 3. The number of fused-ring (bicyclic) bond motifs is 1. The molecule has 0 saturated carbocycles. The molecule has 0 spiro atoms. The number of carbonyl (C=O) groups is 1. The Bertz CT molecular complexity index is 895. The fraction of sp³-hybridized carbons (Fsp3) is 0.143. The third-order valence-corrected chi connectivity index (χ3v) is 4.14. The number of hydrogen-bond acceptors (Lipinski definition) is 5. The summed E-state index contributed by atoms with van der Waals surface area (Å²) in [6, 6.07) is 3.83. The van der Waals surface area contributed by atoms with E-state index >= 15 is 0 Å². The monoisotopic (exact) mass is 372 g/mol. The van der Waals surface area contributed by atoms with Crippen LogP contribution in [0.25, 0.3) is 10.2 Å². The van der Waals surface area contributed by atoms with E-state index in [9.17, 15) is 18.0 Å². The van der Waals surface area contributed by atoms with Crippen LogP contribution >= 0.6 is 22.9 Å². The summed E-state index contributed by atoms with van der Waals surface area (Å²) >= 11 is 7.08. The predicted octanol–water partition coefficient (Wildman–Crippen LogP) is 3.69. The van der Waals surface area contributed by atoms with Gasteiger partial charge in [-0.25, -0.2) is 9.97 Å². The van der Waals surface area contributed by atoms with Crippen molar-refractivity contribution in [3.8, 4) is 0 Å². The molecule has 124 valence electrons. The smallest absolute Gasteiger partial charge is 0.347 e. The van der Waals surface area contributed by atoms with Crippen LogP contribution in [0, 0.1) is 0 Å². The molecule has 10 heteroatoms. The van der Waals surface area contributed by atoms with Crippen molar-refractivity contribution in [2.24, 2.45) is 0 Å². The summed E-state index contributed by atoms with van der Waals surface area (Å²) in [5.74, 6) is -0.494. The molecule has 0 aromatic carbocycles. The highest BCUT2D eigenvalue weighted by Crippen LogP contribution is 2.27. The molecule has 1 amide bonds. The third kappa shape index (κ3) is 3.46. The van der Waals surface area contributed by atoms with Crippen molar-refractivity contribution in [2.45, 2.75) is 12.7 Å². The van der Waals surface area contributed by atoms with Gasteiger partial charge >= 0.3 is 6.18 Å². The van der Waals surface area contributed by atoms with E-state index in [1.807, 2.05) is 0 Å². The minimum Gasteiger partial charge on any atom is -0.347 e. The summed E-state index contributed by atoms with van der Waals surface area (Å²) in [5, 5.41) is 4.28. The van der Waals surface area contributed by atoms with Crippen molar-refractivity contribution in [2.75, 3.05) is 0 Å². The molecule has 3 heterocycles. The van der Waals surface area contributed by atoms with E-state index < -0.39 is 17.8 Å². The number of nitrogens with zero attached hydrogens (tertiary/aromatic N) is 3. The van der Waals surface area contributed by atoms with Crippen LogP contribution in [0.3, 0.4) is 0 Å². The van der Waals surface area contributed by atoms with Crippen LogP contribution in [0.2, 0.25) is 5.28 Å². The number of nitrogens with one attached hydrogen (secondary N) is 1. The fourth-order valence-electron chi connectivity index (χ4n) is 1.95. The van der Waals surface area contributed by atoms with Gasteiger partial charge in [0.1, 0.15) is 5.69 Å². The van der Waals surface area contributed by atoms with Gasteiger partial charge < -0.3 is 5.32 Å². The first-order chi connectivity index (χ1) is 11.3. The number of aromatic nitrogens is 3. The Morgan fingerprint density at radius 2 is 2.04 bits per heavy atom. The zero-order chi connectivity index (χ0) is 17.3. The van der Waals surface area contributed by atoms with Crippen molar-refractivity contribution in [3.05, 3.63) is 52.0 Å². The second-order valence-electron chi connectivity index (χ2n) is 4.71. The van der Waals surface area contributed by atoms with Crippen molar-refractivity contribution >= 4 is 39.1 Å². The summed E-state index contributed by atoms with van der Waals surface area (Å²) < 4.78 is 37.9. The lowest BCUT2D eigenvalue weighted by atomic mass is 10.2. The molecule has 3 aromatic heterocycles. The topological polar surface area (TPSA) is 67.8 Å². The van der Waals surface area contributed by atoms with Crippen molar-refractivity contribution < 1.29 is 18.0 Å². The van der Waals surface area contributed by atoms with Gasteiger partial charge in [0, 0.05) is 12.7 Å². The van der Waals surface area contributed by atoms with Crippen LogP contribution in [0.4, 0.5) is 13.2 Å². The van der Waals surface area contributed by atoms with E-state index in [-0.39, 0.29) is 17.5 Å². The van der Waals surface area contributed by atoms with Crippen LogP contribution in [0.1, 0.15) is 21.7 Å². The molecule has 0 atom stereocenters. The normalized spacial score (nSPS) is 11.7. The first kappa shape index (κ1) is 16.6. The van der Waals surface area contributed by atoms with E-state index in [0.29, 0.717) is 15.8 Å². The van der Waals surface area contributed by atoms with E-state index in [0.717, 1.165) is 12.3 Å². The number of hydrogen-bond donors (Lipinski definition) is 1. The van der Waals surface area contributed by atoms with Gasteiger partial charge in [0.05, 0.1) is 10.2 Å². The van der Waals surface area contributed by atoms with Gasteiger partial charge in [-0.3, -0.25) is 9.78 Å². The average Bonchev–Trinajstić information content (AvgIpc) is 2.99. The largest absolute Gasteiger partial charge is 0.433 e. The highest BCUT2D eigenvalue weighted by atomic mass is 35.5. The van der Waals surface area contributed by atoms with Crippen molar-refractivity contribution in [1.82, 2.24) is 20.3 Å². The molecule has 1 N–H and O–H groups in total. The Hall–Kier alpha value is -2.26. The molecular formula is C14H8ClF3N4OS. The lowest BCUT2D eigenvalue weighted by Crippen LogP contribution is -2.24. The first-order valence-electron chi connectivity index (χ1n) is 6.55. The van der Waals surface area contributed by atoms with Crippen LogP contribution in [-0.2, 0) is 12.7 Å². The third-order valence-electron chi connectivity index (χ3n) is 3.06. The summed E-state index contributed by atoms with van der Waals surface area (Å²) in [4.78, 5) is 23.5. The van der Waals surface area contributed by atoms with E-state index in [1.54, 1.807) is 11.4 Å². The quantitative estimate of drug-likeness (QED) is 0.712. The number of thiophene rings is 1. The van der Waals surface area contributed by atoms with E-state index in [4.69, 9.17) is 11.6 Å². The van der Waals surface area contributed by atoms with Gasteiger partial charge in [-0.1, -0.05) is 6.07 Å². The maximum absolute atomic E-state index is 12.5. The predicted molar refractivity (Wildman–Crippen MR) is 82.8 cm³/mol. The second-order valence-corrected chi connectivity index (χ2v) is 5.96. The number of alkyl halides is 3. The summed E-state index contributed by atoms with van der Waals surface area (Å²) in [6.07, 6.45) is -3.43. The maximum atomic E-state index is 12.5. The number of pyridine rings is 1. The van der Waals surface area contributed by atoms with E-state index in [2.05, 4.69) is 20.3 Å². The Kier molecular flexibility index (Phi) is 4.37. The van der Waals surface area contributed by atoms with Gasteiger partial charge in [0.2, 0.25) is 5.28 Å². The molecule has 0 aliphatic carbocycles. The van der Waals surface area contributed by atoms with Crippen molar-refractivity contribution in [1.29, 1.82) is 0 Å². The van der Waals surface area contributed by atoms with Gasteiger partial charge in [0.15, 0.2) is 5.69 Å². The van der Waals surface area contributed by atoms with Gasteiger partial charge in [-0.05, 0) is 34.7 Å². The molecule has 0 saturated heterocycles. The molecule has 0 aliphatic rings. The fourth-order valence-corrected chi connectivity index (χ4v) is 2.94. The highest BCUT2D eigenvalue weighted by Gasteiger charge is 2.32. The summed E-state index contributed by atoms with van der Waals surface area (Å²) in [5.41, 5.74) is 0.126. The minimum absolute atomic E-state index is 0.0124. The molecule has 0 radical (unpaired) electrons. The number of carbonyl (C=O) groups excluding carboxylic acids is 1. The van der Waals surface area contributed by atoms with E-state index in [1.165, 1.54) is 17.4 Å². The zero-order valence-corrected chi connectivity index (χ0v) is 13.3. The maximum Gasteiger partial charge on any atom is 0.433 e. The van der Waals surface area contributed by atoms with Crippen molar-refractivity contribution in [3.63, 3.8) is 0 Å². The molecule has 3 rings (SSSR count). The Morgan fingerprint density at radius 1 is 1.25 bits per heavy atom. The molecule has 5 nitrogen and oxygen atoms in total. The van der Waals surface area contributed by atoms with Crippen LogP contribution in [0.15, 0.2) is 29.8 Å². The van der Waals surface area contributed by atoms with Gasteiger partial charge in [-0.2, -0.15) is 13.2 Å². The Morgan fingerprint density at radius 3 is 2.71 bits per heavy atom. The highest BCUT2D eigenvalue weighted by molar-refractivity contribution is 7.17. The molecule has 24 heavy (non-hydrogen) atoms. The molecule has 0 unspecified atom stereocenters. The zero-order valence-electron chi connectivity index (χ0n) is 11.8. The lowest BCUT2D eigenvalue weighted by molar-refractivity contribution is -0.141. The van der Waals surface area contributed by atoms with Crippen LogP contribution < -0.4 is 5.32 Å². The van der Waals surface area contributed by atoms with Gasteiger partial charge in [0.25, 0.3) is 5.91 Å². The SMILES string of the molecule is O=C(NCc1ccc(C(F)(F)F)nc1)c1nc(Cl)nc2ccsc12. The number of amides is 1. The molecule has 0 bridgehead atoms. The Labute approximate surface area is 142 Å². The first-order valence-corrected chi connectivity index (χ1v) is 7.81. The van der Waals surface area contributed by atoms with Crippen LogP contribution in [-0.4, -0.2) is 20.9 Å². The number of halogens is 4. The average molecular weight is 373 g/mol. The minimum atomic E-state index is -4.50. The Balaban J connectivity index is 1.74. The second kappa shape index (κ2) is 6.33. The van der Waals surface area contributed by atoms with Gasteiger partial charge in [-0.15, -0.1) is 11.3 Å². The molecule has 0 aliphatic heterocycles. The summed E-state index contributed by atoms with van der Waals surface area (Å²) in [7, 11) is 0. The summed E-state index contributed by atoms with van der Waals surface area (Å²) in [6.45, 7) is 0.0124. The standard InChI is InChI=1S/C14H8ClF3N4OS/c15-13-21-8-3-4-24-11(8)10(22-13)12(23)20-6-7-1-2-9(19-5-7)14(16,17)18/h1-5H,6H2,(H,20,23).